The van der Waals surface area contributed by atoms with Crippen molar-refractivity contribution in [3.05, 3.63) is 35.4 Å². The smallest absolute Gasteiger partial charge is 0.0434 e. The van der Waals surface area contributed by atoms with Gasteiger partial charge in [-0.2, -0.15) is 0 Å². The second-order valence-corrected chi connectivity index (χ2v) is 7.33. The molecule has 0 aliphatic carbocycles. The lowest BCUT2D eigenvalue weighted by molar-refractivity contribution is 0.627. The molecule has 0 bridgehead atoms. The van der Waals surface area contributed by atoms with Gasteiger partial charge < -0.3 is 5.32 Å². The summed E-state index contributed by atoms with van der Waals surface area (Å²) in [7, 11) is 1.17. The first-order valence-electron chi connectivity index (χ1n) is 7.13. The Balaban J connectivity index is 2.77. The molecule has 0 fully saturated rings. The lowest BCUT2D eigenvalue weighted by Gasteiger charge is -2.19. The molecule has 1 aromatic rings. The molecule has 0 saturated heterocycles. The SMILES string of the molecule is CCC(C)S(=O)CC(NC)c1ccc(C(C)C)cc1. The second kappa shape index (κ2) is 7.81. The first-order chi connectivity index (χ1) is 8.99. The Morgan fingerprint density at radius 3 is 2.05 bits per heavy atom. The third-order valence-electron chi connectivity index (χ3n) is 3.71. The van der Waals surface area contributed by atoms with Crippen LogP contribution in [0.15, 0.2) is 24.3 Å². The van der Waals surface area contributed by atoms with Crippen LogP contribution in [0.1, 0.15) is 57.2 Å². The maximum Gasteiger partial charge on any atom is 0.0434 e. The average molecular weight is 281 g/mol. The molecule has 0 heterocycles. The van der Waals surface area contributed by atoms with Gasteiger partial charge in [0, 0.05) is 27.8 Å². The molecule has 3 atom stereocenters. The lowest BCUT2D eigenvalue weighted by Crippen LogP contribution is -2.26. The molecule has 108 valence electrons. The highest BCUT2D eigenvalue weighted by atomic mass is 32.2. The Labute approximate surface area is 120 Å². The van der Waals surface area contributed by atoms with E-state index in [-0.39, 0.29) is 11.3 Å². The van der Waals surface area contributed by atoms with Crippen LogP contribution in [-0.4, -0.2) is 22.3 Å². The summed E-state index contributed by atoms with van der Waals surface area (Å²) in [6.07, 6.45) is 0.968. The highest BCUT2D eigenvalue weighted by Crippen LogP contribution is 2.20. The Bertz CT molecular complexity index is 400. The monoisotopic (exact) mass is 281 g/mol. The van der Waals surface area contributed by atoms with E-state index < -0.39 is 10.8 Å². The molecule has 1 N–H and O–H groups in total. The van der Waals surface area contributed by atoms with Crippen LogP contribution >= 0.6 is 0 Å². The van der Waals surface area contributed by atoms with Crippen LogP contribution in [0.3, 0.4) is 0 Å². The van der Waals surface area contributed by atoms with Crippen LogP contribution in [0.4, 0.5) is 0 Å². The maximum absolute atomic E-state index is 12.2. The number of hydrogen-bond donors (Lipinski definition) is 1. The van der Waals surface area contributed by atoms with Gasteiger partial charge >= 0.3 is 0 Å². The summed E-state index contributed by atoms with van der Waals surface area (Å²) in [6.45, 7) is 8.55. The molecule has 0 aromatic heterocycles. The van der Waals surface area contributed by atoms with E-state index >= 15 is 0 Å². The van der Waals surface area contributed by atoms with Crippen molar-refractivity contribution in [2.75, 3.05) is 12.8 Å². The molecule has 2 nitrogen and oxygen atoms in total. The van der Waals surface area contributed by atoms with E-state index in [1.54, 1.807) is 0 Å². The molecule has 3 unspecified atom stereocenters. The minimum Gasteiger partial charge on any atom is -0.312 e. The second-order valence-electron chi connectivity index (χ2n) is 5.43. The van der Waals surface area contributed by atoms with Crippen molar-refractivity contribution in [3.63, 3.8) is 0 Å². The zero-order chi connectivity index (χ0) is 14.4. The van der Waals surface area contributed by atoms with E-state index in [9.17, 15) is 4.21 Å². The predicted octanol–water partition coefficient (Wildman–Crippen LogP) is 3.62. The summed E-state index contributed by atoms with van der Waals surface area (Å²) in [5.41, 5.74) is 2.57. The molecule has 0 amide bonds. The molecule has 1 rings (SSSR count). The summed E-state index contributed by atoms with van der Waals surface area (Å²) >= 11 is 0. The van der Waals surface area contributed by atoms with Gasteiger partial charge in [-0.25, -0.2) is 0 Å². The van der Waals surface area contributed by atoms with Crippen LogP contribution < -0.4 is 5.32 Å². The Kier molecular flexibility index (Phi) is 6.73. The van der Waals surface area contributed by atoms with Crippen molar-refractivity contribution in [1.29, 1.82) is 0 Å². The molecule has 0 spiro atoms. The largest absolute Gasteiger partial charge is 0.312 e. The zero-order valence-electron chi connectivity index (χ0n) is 12.8. The Morgan fingerprint density at radius 2 is 1.63 bits per heavy atom. The highest BCUT2D eigenvalue weighted by Gasteiger charge is 2.16. The first-order valence-corrected chi connectivity index (χ1v) is 8.52. The van der Waals surface area contributed by atoms with Gasteiger partial charge in [-0.15, -0.1) is 0 Å². The van der Waals surface area contributed by atoms with E-state index in [2.05, 4.69) is 57.3 Å². The third-order valence-corrected chi connectivity index (χ3v) is 5.60. The van der Waals surface area contributed by atoms with Crippen molar-refractivity contribution in [3.8, 4) is 0 Å². The quantitative estimate of drug-likeness (QED) is 0.827. The molecule has 0 saturated carbocycles. The number of rotatable bonds is 7. The minimum absolute atomic E-state index is 0.177. The fourth-order valence-electron chi connectivity index (χ4n) is 1.97. The fourth-order valence-corrected chi connectivity index (χ4v) is 3.36. The van der Waals surface area contributed by atoms with Crippen LogP contribution in [0.5, 0.6) is 0 Å². The lowest BCUT2D eigenvalue weighted by atomic mass is 10.00. The maximum atomic E-state index is 12.2. The average Bonchev–Trinajstić information content (AvgIpc) is 2.43. The van der Waals surface area contributed by atoms with Gasteiger partial charge in [0.1, 0.15) is 0 Å². The van der Waals surface area contributed by atoms with Crippen molar-refractivity contribution >= 4 is 10.8 Å². The first kappa shape index (κ1) is 16.4. The van der Waals surface area contributed by atoms with Crippen molar-refractivity contribution in [2.24, 2.45) is 0 Å². The molecule has 0 radical (unpaired) electrons. The Morgan fingerprint density at radius 1 is 1.11 bits per heavy atom. The number of hydrogen-bond acceptors (Lipinski definition) is 2. The number of nitrogens with one attached hydrogen (secondary N) is 1. The summed E-state index contributed by atoms with van der Waals surface area (Å²) in [6, 6.07) is 8.85. The minimum atomic E-state index is -0.772. The highest BCUT2D eigenvalue weighted by molar-refractivity contribution is 7.85. The van der Waals surface area contributed by atoms with Crippen molar-refractivity contribution < 1.29 is 4.21 Å². The van der Waals surface area contributed by atoms with E-state index in [1.165, 1.54) is 11.1 Å². The van der Waals surface area contributed by atoms with E-state index in [0.29, 0.717) is 11.7 Å². The van der Waals surface area contributed by atoms with Crippen molar-refractivity contribution in [2.45, 2.75) is 51.3 Å². The summed E-state index contributed by atoms with van der Waals surface area (Å²) in [5, 5.41) is 3.55. The Hall–Kier alpha value is -0.670. The standard InChI is InChI=1S/C16H27NOS/c1-6-13(4)19(18)11-16(17-5)15-9-7-14(8-10-15)12(2)3/h7-10,12-13,16-17H,6,11H2,1-5H3. The van der Waals surface area contributed by atoms with E-state index in [4.69, 9.17) is 0 Å². The van der Waals surface area contributed by atoms with Gasteiger partial charge in [0.05, 0.1) is 0 Å². The van der Waals surface area contributed by atoms with Crippen LogP contribution in [-0.2, 0) is 10.8 Å². The molecule has 0 aliphatic rings. The van der Waals surface area contributed by atoms with Crippen LogP contribution in [0.25, 0.3) is 0 Å². The van der Waals surface area contributed by atoms with Gasteiger partial charge in [-0.1, -0.05) is 52.0 Å². The summed E-state index contributed by atoms with van der Waals surface area (Å²) < 4.78 is 12.2. The van der Waals surface area contributed by atoms with Crippen LogP contribution in [0.2, 0.25) is 0 Å². The zero-order valence-corrected chi connectivity index (χ0v) is 13.6. The molecule has 0 aliphatic heterocycles. The predicted molar refractivity (Wildman–Crippen MR) is 85.1 cm³/mol. The van der Waals surface area contributed by atoms with Gasteiger partial charge in [0.2, 0.25) is 0 Å². The number of benzene rings is 1. The van der Waals surface area contributed by atoms with Gasteiger partial charge in [-0.05, 0) is 30.5 Å². The third kappa shape index (κ3) is 4.73. The topological polar surface area (TPSA) is 29.1 Å². The molecule has 3 heteroatoms. The summed E-state index contributed by atoms with van der Waals surface area (Å²) in [4.78, 5) is 0. The molecular formula is C16H27NOS. The summed E-state index contributed by atoms with van der Waals surface area (Å²) in [5.74, 6) is 1.24. The van der Waals surface area contributed by atoms with Gasteiger partial charge in [0.25, 0.3) is 0 Å². The molecular weight excluding hydrogens is 254 g/mol. The van der Waals surface area contributed by atoms with Gasteiger partial charge in [-0.3, -0.25) is 4.21 Å². The van der Waals surface area contributed by atoms with Crippen molar-refractivity contribution in [1.82, 2.24) is 5.32 Å². The molecule has 19 heavy (non-hydrogen) atoms. The normalized spacial score (nSPS) is 16.3. The van der Waals surface area contributed by atoms with Gasteiger partial charge in [0.15, 0.2) is 0 Å². The van der Waals surface area contributed by atoms with E-state index in [1.807, 2.05) is 7.05 Å². The van der Waals surface area contributed by atoms with E-state index in [0.717, 1.165) is 6.42 Å². The van der Waals surface area contributed by atoms with Crippen LogP contribution in [0, 0.1) is 0 Å². The fraction of sp³-hybridized carbons (Fsp3) is 0.625. The molecule has 1 aromatic carbocycles.